The zero-order chi connectivity index (χ0) is 15.4. The maximum absolute atomic E-state index is 5.23. The molecule has 0 aliphatic carbocycles. The lowest BCUT2D eigenvalue weighted by Crippen LogP contribution is -2.29. The number of hydrazine groups is 1. The molecule has 0 saturated carbocycles. The summed E-state index contributed by atoms with van der Waals surface area (Å²) in [6.45, 7) is 0.818. The molecular weight excluding hydrogens is 274 g/mol. The van der Waals surface area contributed by atoms with E-state index < -0.39 is 0 Å². The summed E-state index contributed by atoms with van der Waals surface area (Å²) in [4.78, 5) is 4.57. The molecule has 1 aromatic heterocycles. The minimum absolute atomic E-state index is 0.818. The molecule has 0 atom stereocenters. The van der Waals surface area contributed by atoms with E-state index in [2.05, 4.69) is 34.7 Å². The fraction of sp³-hybridized carbons (Fsp3) is 0.167. The first-order valence-corrected chi connectivity index (χ1v) is 7.21. The van der Waals surface area contributed by atoms with Gasteiger partial charge in [-0.2, -0.15) is 0 Å². The van der Waals surface area contributed by atoms with E-state index in [-0.39, 0.29) is 0 Å². The van der Waals surface area contributed by atoms with Crippen molar-refractivity contribution < 1.29 is 4.42 Å². The van der Waals surface area contributed by atoms with Crippen molar-refractivity contribution in [3.8, 4) is 0 Å². The zero-order valence-electron chi connectivity index (χ0n) is 12.8. The molecule has 4 nitrogen and oxygen atoms in total. The van der Waals surface area contributed by atoms with E-state index in [9.17, 15) is 0 Å². The molecule has 0 fully saturated rings. The highest BCUT2D eigenvalue weighted by Gasteiger charge is 2.00. The smallest absolute Gasteiger partial charge is 0.100 e. The van der Waals surface area contributed by atoms with Crippen LogP contribution in [0, 0.1) is 0 Å². The molecule has 112 valence electrons. The largest absolute Gasteiger partial charge is 0.471 e. The molecule has 3 aromatic rings. The Morgan fingerprint density at radius 3 is 2.68 bits per heavy atom. The fourth-order valence-corrected chi connectivity index (χ4v) is 2.20. The van der Waals surface area contributed by atoms with Crippen LogP contribution in [0.2, 0.25) is 0 Å². The summed E-state index contributed by atoms with van der Waals surface area (Å²) in [5.41, 5.74) is 6.48. The van der Waals surface area contributed by atoms with Gasteiger partial charge in [0.2, 0.25) is 0 Å². The highest BCUT2D eigenvalue weighted by atomic mass is 16.3. The van der Waals surface area contributed by atoms with Crippen molar-refractivity contribution >= 4 is 22.7 Å². The molecule has 3 rings (SSSR count). The molecule has 22 heavy (non-hydrogen) atoms. The first-order valence-electron chi connectivity index (χ1n) is 7.21. The van der Waals surface area contributed by atoms with Gasteiger partial charge in [-0.15, -0.1) is 0 Å². The highest BCUT2D eigenvalue weighted by molar-refractivity contribution is 5.94. The van der Waals surface area contributed by atoms with Gasteiger partial charge in [0, 0.05) is 37.6 Å². The second kappa shape index (κ2) is 6.56. The Labute approximate surface area is 130 Å². The first-order chi connectivity index (χ1) is 10.7. The fourth-order valence-electron chi connectivity index (χ4n) is 2.20. The Balaban J connectivity index is 1.74. The number of benzene rings is 2. The van der Waals surface area contributed by atoms with E-state index in [0.29, 0.717) is 0 Å². The number of nitrogens with one attached hydrogen (secondary N) is 1. The van der Waals surface area contributed by atoms with Crippen LogP contribution in [0.25, 0.3) is 10.8 Å². The molecule has 0 aliphatic rings. The predicted molar refractivity (Wildman–Crippen MR) is 90.4 cm³/mol. The van der Waals surface area contributed by atoms with Crippen LogP contribution in [0.3, 0.4) is 0 Å². The van der Waals surface area contributed by atoms with Crippen LogP contribution in [0.1, 0.15) is 11.1 Å². The van der Waals surface area contributed by atoms with Crippen LogP contribution in [0.5, 0.6) is 0 Å². The van der Waals surface area contributed by atoms with Crippen LogP contribution in [-0.2, 0) is 6.54 Å². The number of fused-ring (bicyclic) bond motifs is 1. The minimum atomic E-state index is 0.818. The minimum Gasteiger partial charge on any atom is -0.471 e. The van der Waals surface area contributed by atoms with Gasteiger partial charge < -0.3 is 4.42 Å². The highest BCUT2D eigenvalue weighted by Crippen LogP contribution is 2.26. The van der Waals surface area contributed by atoms with Gasteiger partial charge in [0.25, 0.3) is 0 Å². The summed E-state index contributed by atoms with van der Waals surface area (Å²) < 4.78 is 5.23. The quantitative estimate of drug-likeness (QED) is 0.575. The predicted octanol–water partition coefficient (Wildman–Crippen LogP) is 3.75. The van der Waals surface area contributed by atoms with Gasteiger partial charge >= 0.3 is 0 Å². The van der Waals surface area contributed by atoms with Crippen LogP contribution < -0.4 is 5.43 Å². The first kappa shape index (κ1) is 14.5. The summed E-state index contributed by atoms with van der Waals surface area (Å²) in [5, 5.41) is 4.05. The molecule has 1 heterocycles. The lowest BCUT2D eigenvalue weighted by atomic mass is 10.1. The van der Waals surface area contributed by atoms with E-state index in [1.807, 2.05) is 43.5 Å². The van der Waals surface area contributed by atoms with Crippen LogP contribution in [0.4, 0.5) is 5.69 Å². The van der Waals surface area contributed by atoms with Crippen molar-refractivity contribution in [3.63, 3.8) is 0 Å². The Bertz CT molecular complexity index is 772. The third kappa shape index (κ3) is 3.42. The molecule has 0 bridgehead atoms. The lowest BCUT2D eigenvalue weighted by Gasteiger charge is -2.11. The number of hydrogen-bond donors (Lipinski definition) is 1. The molecule has 2 aromatic carbocycles. The Hall–Kier alpha value is -2.43. The number of hydrogen-bond acceptors (Lipinski definition) is 4. The monoisotopic (exact) mass is 293 g/mol. The maximum atomic E-state index is 5.23. The van der Waals surface area contributed by atoms with Crippen molar-refractivity contribution in [2.75, 3.05) is 14.1 Å². The zero-order valence-corrected chi connectivity index (χ0v) is 12.8. The van der Waals surface area contributed by atoms with Crippen molar-refractivity contribution in [2.45, 2.75) is 6.54 Å². The third-order valence-corrected chi connectivity index (χ3v) is 3.43. The van der Waals surface area contributed by atoms with Gasteiger partial charge in [0.1, 0.15) is 6.26 Å². The normalized spacial score (nSPS) is 11.8. The molecule has 0 saturated heterocycles. The molecule has 0 spiro atoms. The summed E-state index contributed by atoms with van der Waals surface area (Å²) in [6, 6.07) is 14.4. The average Bonchev–Trinajstić information content (AvgIpc) is 3.01. The summed E-state index contributed by atoms with van der Waals surface area (Å²) in [5.74, 6) is 0. The summed E-state index contributed by atoms with van der Waals surface area (Å²) in [6.07, 6.45) is 5.35. The van der Waals surface area contributed by atoms with Crippen molar-refractivity contribution in [2.24, 2.45) is 4.99 Å². The molecule has 4 heteroatoms. The van der Waals surface area contributed by atoms with Gasteiger partial charge in [-0.05, 0) is 17.2 Å². The van der Waals surface area contributed by atoms with Gasteiger partial charge in [-0.3, -0.25) is 15.4 Å². The number of furan rings is 1. The second-order valence-corrected chi connectivity index (χ2v) is 5.38. The van der Waals surface area contributed by atoms with Crippen LogP contribution in [0.15, 0.2) is 64.4 Å². The molecule has 0 radical (unpaired) electrons. The van der Waals surface area contributed by atoms with Gasteiger partial charge in [-0.1, -0.05) is 36.4 Å². The topological polar surface area (TPSA) is 40.8 Å². The standard InChI is InChI=1S/C18H19N3O/c1-21(2)20-11-15-8-6-14(7-9-15)10-19-18-5-3-4-16-12-22-13-17(16)18/h3-10,12-13,20H,11H2,1-2H3. The molecule has 0 unspecified atom stereocenters. The van der Waals surface area contributed by atoms with E-state index in [4.69, 9.17) is 4.42 Å². The maximum Gasteiger partial charge on any atom is 0.100 e. The molecule has 0 aliphatic heterocycles. The number of aliphatic imine (C=N–C) groups is 1. The third-order valence-electron chi connectivity index (χ3n) is 3.43. The van der Waals surface area contributed by atoms with Gasteiger partial charge in [0.15, 0.2) is 0 Å². The van der Waals surface area contributed by atoms with E-state index in [1.165, 1.54) is 5.56 Å². The van der Waals surface area contributed by atoms with E-state index >= 15 is 0 Å². The summed E-state index contributed by atoms with van der Waals surface area (Å²) >= 11 is 0. The van der Waals surface area contributed by atoms with Crippen LogP contribution >= 0.6 is 0 Å². The average molecular weight is 293 g/mol. The van der Waals surface area contributed by atoms with Crippen LogP contribution in [-0.4, -0.2) is 25.3 Å². The summed E-state index contributed by atoms with van der Waals surface area (Å²) in [7, 11) is 3.97. The lowest BCUT2D eigenvalue weighted by molar-refractivity contribution is 0.286. The van der Waals surface area contributed by atoms with Gasteiger partial charge in [0.05, 0.1) is 12.0 Å². The number of nitrogens with zero attached hydrogens (tertiary/aromatic N) is 2. The van der Waals surface area contributed by atoms with E-state index in [0.717, 1.165) is 28.6 Å². The molecule has 1 N–H and O–H groups in total. The van der Waals surface area contributed by atoms with Crippen molar-refractivity contribution in [1.29, 1.82) is 0 Å². The molecule has 0 amide bonds. The Morgan fingerprint density at radius 2 is 1.91 bits per heavy atom. The van der Waals surface area contributed by atoms with Gasteiger partial charge in [-0.25, -0.2) is 0 Å². The Morgan fingerprint density at radius 1 is 1.09 bits per heavy atom. The SMILES string of the molecule is CN(C)NCc1ccc(C=Nc2cccc3cocc23)cc1. The second-order valence-electron chi connectivity index (χ2n) is 5.38. The van der Waals surface area contributed by atoms with Crippen molar-refractivity contribution in [3.05, 3.63) is 66.1 Å². The molecular formula is C18H19N3O. The Kier molecular flexibility index (Phi) is 4.32. The number of rotatable bonds is 5. The van der Waals surface area contributed by atoms with Crippen molar-refractivity contribution in [1.82, 2.24) is 10.4 Å². The van der Waals surface area contributed by atoms with E-state index in [1.54, 1.807) is 12.5 Å².